The van der Waals surface area contributed by atoms with Gasteiger partial charge in [-0.15, -0.1) is 0 Å². The van der Waals surface area contributed by atoms with Gasteiger partial charge in [-0.3, -0.25) is 14.7 Å². The monoisotopic (exact) mass is 398 g/mol. The Balaban J connectivity index is 1.20. The lowest BCUT2D eigenvalue weighted by Crippen LogP contribution is -2.51. The van der Waals surface area contributed by atoms with Crippen LogP contribution in [0, 0.1) is 11.8 Å². The summed E-state index contributed by atoms with van der Waals surface area (Å²) in [4.78, 5) is 22.2. The Morgan fingerprint density at radius 2 is 1.86 bits per heavy atom. The molecule has 0 spiro atoms. The van der Waals surface area contributed by atoms with E-state index in [1.807, 2.05) is 18.3 Å². The standard InChI is InChI=1S/C24H38N4O/c29-24(26-17-21-8-4-12-25-16-21)22-9-5-13-28(19-22)23-10-14-27(15-11-23)18-20-6-2-1-3-7-20/h4,8,12,16,20,22-23H,1-3,5-7,9-11,13-15,17-19H2,(H,26,29)/t22-/m1/s1. The molecule has 160 valence electrons. The molecule has 1 atom stereocenters. The van der Waals surface area contributed by atoms with Crippen molar-refractivity contribution < 1.29 is 4.79 Å². The maximum absolute atomic E-state index is 12.7. The Kier molecular flexibility index (Phi) is 7.55. The van der Waals surface area contributed by atoms with Crippen molar-refractivity contribution in [3.8, 4) is 0 Å². The molecule has 3 fully saturated rings. The topological polar surface area (TPSA) is 48.5 Å². The molecule has 3 aliphatic rings. The average molecular weight is 399 g/mol. The minimum absolute atomic E-state index is 0.140. The predicted molar refractivity (Wildman–Crippen MR) is 116 cm³/mol. The van der Waals surface area contributed by atoms with Crippen molar-refractivity contribution in [3.63, 3.8) is 0 Å². The van der Waals surface area contributed by atoms with Crippen molar-refractivity contribution in [1.29, 1.82) is 0 Å². The van der Waals surface area contributed by atoms with Crippen molar-refractivity contribution in [3.05, 3.63) is 30.1 Å². The third-order valence-corrected chi connectivity index (χ3v) is 7.33. The van der Waals surface area contributed by atoms with E-state index < -0.39 is 0 Å². The number of carbonyl (C=O) groups is 1. The molecule has 5 nitrogen and oxygen atoms in total. The number of carbonyl (C=O) groups excluding carboxylic acids is 1. The van der Waals surface area contributed by atoms with E-state index in [-0.39, 0.29) is 11.8 Å². The van der Waals surface area contributed by atoms with Crippen LogP contribution < -0.4 is 5.32 Å². The van der Waals surface area contributed by atoms with E-state index in [0.717, 1.165) is 30.9 Å². The van der Waals surface area contributed by atoms with Gasteiger partial charge in [0, 0.05) is 38.1 Å². The highest BCUT2D eigenvalue weighted by Gasteiger charge is 2.32. The first-order valence-electron chi connectivity index (χ1n) is 11.9. The molecule has 1 amide bonds. The molecule has 1 N–H and O–H groups in total. The molecule has 0 unspecified atom stereocenters. The molecule has 1 aromatic rings. The molecule has 4 rings (SSSR count). The zero-order chi connectivity index (χ0) is 19.9. The normalized spacial score (nSPS) is 25.7. The minimum atomic E-state index is 0.140. The van der Waals surface area contributed by atoms with Gasteiger partial charge in [0.2, 0.25) is 5.91 Å². The van der Waals surface area contributed by atoms with Crippen LogP contribution in [-0.2, 0) is 11.3 Å². The second-order valence-electron chi connectivity index (χ2n) is 9.45. The van der Waals surface area contributed by atoms with Crippen molar-refractivity contribution in [2.75, 3.05) is 32.7 Å². The van der Waals surface area contributed by atoms with Crippen LogP contribution in [-0.4, -0.2) is 59.5 Å². The van der Waals surface area contributed by atoms with Crippen LogP contribution in [0.25, 0.3) is 0 Å². The van der Waals surface area contributed by atoms with Gasteiger partial charge in [-0.1, -0.05) is 25.3 Å². The lowest BCUT2D eigenvalue weighted by Gasteiger charge is -2.42. The molecule has 0 bridgehead atoms. The second-order valence-corrected chi connectivity index (χ2v) is 9.45. The molecule has 1 aliphatic carbocycles. The molecule has 0 radical (unpaired) electrons. The van der Waals surface area contributed by atoms with Gasteiger partial charge in [0.05, 0.1) is 5.92 Å². The van der Waals surface area contributed by atoms with Crippen LogP contribution >= 0.6 is 0 Å². The molecule has 2 saturated heterocycles. The van der Waals surface area contributed by atoms with E-state index in [4.69, 9.17) is 0 Å². The minimum Gasteiger partial charge on any atom is -0.352 e. The molecule has 3 heterocycles. The number of rotatable bonds is 6. The summed E-state index contributed by atoms with van der Waals surface area (Å²) in [6.45, 7) is 6.51. The van der Waals surface area contributed by atoms with Gasteiger partial charge >= 0.3 is 0 Å². The summed E-state index contributed by atoms with van der Waals surface area (Å²) in [6.07, 6.45) is 15.5. The van der Waals surface area contributed by atoms with Gasteiger partial charge in [0.15, 0.2) is 0 Å². The number of pyridine rings is 1. The largest absolute Gasteiger partial charge is 0.352 e. The van der Waals surface area contributed by atoms with Crippen LogP contribution in [0.5, 0.6) is 0 Å². The fourth-order valence-corrected chi connectivity index (χ4v) is 5.59. The maximum atomic E-state index is 12.7. The molecular formula is C24H38N4O. The third-order valence-electron chi connectivity index (χ3n) is 7.33. The molecule has 0 aromatic carbocycles. The number of likely N-dealkylation sites (tertiary alicyclic amines) is 2. The highest BCUT2D eigenvalue weighted by atomic mass is 16.1. The van der Waals surface area contributed by atoms with Gasteiger partial charge in [0.25, 0.3) is 0 Å². The quantitative estimate of drug-likeness (QED) is 0.797. The Labute approximate surface area is 176 Å². The number of hydrogen-bond acceptors (Lipinski definition) is 4. The molecule has 1 aromatic heterocycles. The van der Waals surface area contributed by atoms with Crippen LogP contribution in [0.1, 0.15) is 63.4 Å². The summed E-state index contributed by atoms with van der Waals surface area (Å²) in [6, 6.07) is 4.61. The lowest BCUT2D eigenvalue weighted by atomic mass is 9.88. The van der Waals surface area contributed by atoms with E-state index in [2.05, 4.69) is 20.1 Å². The third kappa shape index (κ3) is 6.02. The van der Waals surface area contributed by atoms with Gasteiger partial charge in [-0.2, -0.15) is 0 Å². The molecule has 5 heteroatoms. The summed E-state index contributed by atoms with van der Waals surface area (Å²) < 4.78 is 0. The Morgan fingerprint density at radius 1 is 1.03 bits per heavy atom. The summed E-state index contributed by atoms with van der Waals surface area (Å²) >= 11 is 0. The molecule has 1 saturated carbocycles. The highest BCUT2D eigenvalue weighted by molar-refractivity contribution is 5.78. The van der Waals surface area contributed by atoms with Gasteiger partial charge in [-0.05, 0) is 75.7 Å². The zero-order valence-corrected chi connectivity index (χ0v) is 17.9. The molecular weight excluding hydrogens is 360 g/mol. The first-order chi connectivity index (χ1) is 14.3. The Hall–Kier alpha value is -1.46. The maximum Gasteiger partial charge on any atom is 0.224 e. The Bertz CT molecular complexity index is 623. The van der Waals surface area contributed by atoms with Crippen LogP contribution in [0.3, 0.4) is 0 Å². The fourth-order valence-electron chi connectivity index (χ4n) is 5.59. The lowest BCUT2D eigenvalue weighted by molar-refractivity contribution is -0.127. The van der Waals surface area contributed by atoms with Gasteiger partial charge in [0.1, 0.15) is 0 Å². The number of piperidine rings is 2. The van der Waals surface area contributed by atoms with Crippen LogP contribution in [0.15, 0.2) is 24.5 Å². The summed E-state index contributed by atoms with van der Waals surface area (Å²) in [5.74, 6) is 1.30. The summed E-state index contributed by atoms with van der Waals surface area (Å²) in [5.41, 5.74) is 1.07. The first kappa shape index (κ1) is 20.8. The second kappa shape index (κ2) is 10.5. The van der Waals surface area contributed by atoms with E-state index in [1.54, 1.807) is 6.20 Å². The molecule has 29 heavy (non-hydrogen) atoms. The SMILES string of the molecule is O=C(NCc1cccnc1)[C@@H]1CCCN(C2CCN(CC3CCCCC3)CC2)C1. The van der Waals surface area contributed by atoms with E-state index in [9.17, 15) is 4.79 Å². The number of aromatic nitrogens is 1. The highest BCUT2D eigenvalue weighted by Crippen LogP contribution is 2.27. The predicted octanol–water partition coefficient (Wildman–Crippen LogP) is 3.45. The van der Waals surface area contributed by atoms with E-state index >= 15 is 0 Å². The van der Waals surface area contributed by atoms with E-state index in [0.29, 0.717) is 12.6 Å². The Morgan fingerprint density at radius 3 is 2.62 bits per heavy atom. The van der Waals surface area contributed by atoms with Crippen molar-refractivity contribution in [2.24, 2.45) is 11.8 Å². The zero-order valence-electron chi connectivity index (χ0n) is 17.9. The number of hydrogen-bond donors (Lipinski definition) is 1. The summed E-state index contributed by atoms with van der Waals surface area (Å²) in [7, 11) is 0. The summed E-state index contributed by atoms with van der Waals surface area (Å²) in [5, 5.41) is 3.13. The van der Waals surface area contributed by atoms with Crippen molar-refractivity contribution in [1.82, 2.24) is 20.1 Å². The average Bonchev–Trinajstić information content (AvgIpc) is 2.79. The smallest absolute Gasteiger partial charge is 0.224 e. The first-order valence-corrected chi connectivity index (χ1v) is 11.9. The number of nitrogens with one attached hydrogen (secondary N) is 1. The number of amides is 1. The fraction of sp³-hybridized carbons (Fsp3) is 0.750. The van der Waals surface area contributed by atoms with Gasteiger partial charge in [-0.25, -0.2) is 0 Å². The number of nitrogens with zero attached hydrogens (tertiary/aromatic N) is 3. The van der Waals surface area contributed by atoms with Gasteiger partial charge < -0.3 is 10.2 Å². The van der Waals surface area contributed by atoms with Crippen LogP contribution in [0.2, 0.25) is 0 Å². The van der Waals surface area contributed by atoms with E-state index in [1.165, 1.54) is 71.1 Å². The van der Waals surface area contributed by atoms with Crippen molar-refractivity contribution in [2.45, 2.75) is 70.4 Å². The van der Waals surface area contributed by atoms with Crippen LogP contribution in [0.4, 0.5) is 0 Å². The molecule has 2 aliphatic heterocycles. The van der Waals surface area contributed by atoms with Crippen molar-refractivity contribution >= 4 is 5.91 Å².